The normalized spacial score (nSPS) is 10.7. The van der Waals surface area contributed by atoms with E-state index in [0.29, 0.717) is 0 Å². The number of benzene rings is 1. The molecule has 4 nitrogen and oxygen atoms in total. The zero-order valence-electron chi connectivity index (χ0n) is 13.6. The maximum atomic E-state index is 11.8. The molecule has 0 aliphatic carbocycles. The molecule has 0 N–H and O–H groups in total. The Hall–Kier alpha value is -1.01. The van der Waals surface area contributed by atoms with E-state index in [1.807, 2.05) is 39.8 Å². The Kier molecular flexibility index (Phi) is 7.42. The van der Waals surface area contributed by atoms with Crippen molar-refractivity contribution in [2.24, 2.45) is 0 Å². The van der Waals surface area contributed by atoms with Gasteiger partial charge in [-0.25, -0.2) is 0 Å². The first-order chi connectivity index (χ1) is 10.2. The Morgan fingerprint density at radius 2 is 1.91 bits per heavy atom. The van der Waals surface area contributed by atoms with Gasteiger partial charge in [-0.05, 0) is 51.0 Å². The number of likely N-dealkylation sites (N-methyl/N-ethyl adjacent to an activating group) is 1. The topological polar surface area (TPSA) is 46.6 Å². The van der Waals surface area contributed by atoms with Gasteiger partial charge in [-0.15, -0.1) is 11.8 Å². The van der Waals surface area contributed by atoms with Gasteiger partial charge in [0.15, 0.2) is 6.61 Å². The highest BCUT2D eigenvalue weighted by atomic mass is 79.9. The number of ether oxygens (including phenoxy) is 1. The first kappa shape index (κ1) is 19.0. The van der Waals surface area contributed by atoms with Crippen LogP contribution in [0.4, 0.5) is 0 Å². The molecule has 1 amide bonds. The Balaban J connectivity index is 2.47. The van der Waals surface area contributed by atoms with Crippen LogP contribution in [-0.4, -0.2) is 42.2 Å². The van der Waals surface area contributed by atoms with Crippen molar-refractivity contribution in [3.63, 3.8) is 0 Å². The van der Waals surface area contributed by atoms with Crippen LogP contribution in [0.1, 0.15) is 25.0 Å². The number of carbonyl (C=O) groups excluding carboxylic acids is 2. The van der Waals surface area contributed by atoms with Crippen molar-refractivity contribution >= 4 is 39.6 Å². The van der Waals surface area contributed by atoms with Crippen molar-refractivity contribution in [3.8, 4) is 0 Å². The monoisotopic (exact) mass is 387 g/mol. The summed E-state index contributed by atoms with van der Waals surface area (Å²) in [5, 5.41) is 0. The van der Waals surface area contributed by atoms with Crippen LogP contribution in [-0.2, 0) is 14.3 Å². The first-order valence-electron chi connectivity index (χ1n) is 7.03. The summed E-state index contributed by atoms with van der Waals surface area (Å²) in [5.41, 5.74) is 2.22. The Labute approximate surface area is 144 Å². The zero-order chi connectivity index (χ0) is 16.9. The number of carbonyl (C=O) groups is 2. The molecule has 0 aromatic heterocycles. The summed E-state index contributed by atoms with van der Waals surface area (Å²) in [4.78, 5) is 26.1. The average molecular weight is 388 g/mol. The molecule has 0 heterocycles. The molecule has 0 unspecified atom stereocenters. The number of rotatable bonds is 6. The fourth-order valence-electron chi connectivity index (χ4n) is 1.62. The summed E-state index contributed by atoms with van der Waals surface area (Å²) in [7, 11) is 1.70. The molecule has 22 heavy (non-hydrogen) atoms. The molecule has 6 heteroatoms. The Morgan fingerprint density at radius 1 is 1.27 bits per heavy atom. The highest BCUT2D eigenvalue weighted by Crippen LogP contribution is 2.28. The number of amides is 1. The van der Waals surface area contributed by atoms with E-state index in [1.165, 1.54) is 11.8 Å². The van der Waals surface area contributed by atoms with Crippen LogP contribution in [0, 0.1) is 13.8 Å². The van der Waals surface area contributed by atoms with Gasteiger partial charge in [0.05, 0.1) is 5.75 Å². The molecule has 0 aliphatic heterocycles. The van der Waals surface area contributed by atoms with E-state index < -0.39 is 0 Å². The largest absolute Gasteiger partial charge is 0.455 e. The fraction of sp³-hybridized carbons (Fsp3) is 0.500. The fourth-order valence-corrected chi connectivity index (χ4v) is 2.98. The number of nitrogens with zero attached hydrogens (tertiary/aromatic N) is 1. The van der Waals surface area contributed by atoms with Crippen molar-refractivity contribution < 1.29 is 14.3 Å². The van der Waals surface area contributed by atoms with Gasteiger partial charge in [-0.1, -0.05) is 15.9 Å². The molecule has 0 radical (unpaired) electrons. The highest BCUT2D eigenvalue weighted by molar-refractivity contribution is 9.10. The molecule has 0 spiro atoms. The minimum Gasteiger partial charge on any atom is -0.455 e. The van der Waals surface area contributed by atoms with Gasteiger partial charge >= 0.3 is 5.97 Å². The van der Waals surface area contributed by atoms with Gasteiger partial charge in [0, 0.05) is 22.5 Å². The molecule has 0 saturated carbocycles. The van der Waals surface area contributed by atoms with Crippen LogP contribution in [0.2, 0.25) is 0 Å². The lowest BCUT2D eigenvalue weighted by molar-refractivity contribution is -0.149. The number of esters is 1. The van der Waals surface area contributed by atoms with Gasteiger partial charge in [-0.3, -0.25) is 9.59 Å². The standard InChI is InChI=1S/C16H22BrNO3S/c1-10(2)18(5)15(19)8-21-16(20)9-22-14-7-11(3)13(17)6-12(14)4/h6-7,10H,8-9H2,1-5H3. The highest BCUT2D eigenvalue weighted by Gasteiger charge is 2.15. The molecular weight excluding hydrogens is 366 g/mol. The van der Waals surface area contributed by atoms with E-state index in [2.05, 4.69) is 15.9 Å². The molecule has 0 atom stereocenters. The van der Waals surface area contributed by atoms with Gasteiger partial charge in [0.25, 0.3) is 5.91 Å². The Morgan fingerprint density at radius 3 is 2.50 bits per heavy atom. The van der Waals surface area contributed by atoms with Crippen LogP contribution in [0.25, 0.3) is 0 Å². The molecule has 0 fully saturated rings. The lowest BCUT2D eigenvalue weighted by Crippen LogP contribution is -2.36. The lowest BCUT2D eigenvalue weighted by Gasteiger charge is -2.21. The van der Waals surface area contributed by atoms with Crippen molar-refractivity contribution in [1.82, 2.24) is 4.90 Å². The quantitative estimate of drug-likeness (QED) is 0.552. The van der Waals surface area contributed by atoms with E-state index in [4.69, 9.17) is 4.74 Å². The first-order valence-corrected chi connectivity index (χ1v) is 8.81. The molecule has 0 aliphatic rings. The zero-order valence-corrected chi connectivity index (χ0v) is 16.0. The minimum atomic E-state index is -0.379. The minimum absolute atomic E-state index is 0.0916. The lowest BCUT2D eigenvalue weighted by atomic mass is 10.2. The molecule has 1 rings (SSSR count). The van der Waals surface area contributed by atoms with Crippen LogP contribution in [0.15, 0.2) is 21.5 Å². The third-order valence-electron chi connectivity index (χ3n) is 3.33. The third kappa shape index (κ3) is 5.65. The number of thioether (sulfide) groups is 1. The van der Waals surface area contributed by atoms with Gasteiger partial charge in [-0.2, -0.15) is 0 Å². The summed E-state index contributed by atoms with van der Waals surface area (Å²) in [6.07, 6.45) is 0. The summed E-state index contributed by atoms with van der Waals surface area (Å²) < 4.78 is 6.09. The van der Waals surface area contributed by atoms with Gasteiger partial charge in [0.2, 0.25) is 0 Å². The third-order valence-corrected chi connectivity index (χ3v) is 5.31. The van der Waals surface area contributed by atoms with Crippen molar-refractivity contribution in [1.29, 1.82) is 0 Å². The molecule has 1 aromatic carbocycles. The predicted molar refractivity (Wildman–Crippen MR) is 93.2 cm³/mol. The molecular formula is C16H22BrNO3S. The van der Waals surface area contributed by atoms with Crippen molar-refractivity contribution in [2.75, 3.05) is 19.4 Å². The van der Waals surface area contributed by atoms with Gasteiger partial charge in [0.1, 0.15) is 0 Å². The second-order valence-corrected chi connectivity index (χ2v) is 7.29. The van der Waals surface area contributed by atoms with E-state index in [-0.39, 0.29) is 30.3 Å². The van der Waals surface area contributed by atoms with E-state index in [9.17, 15) is 9.59 Å². The van der Waals surface area contributed by atoms with Gasteiger partial charge < -0.3 is 9.64 Å². The maximum absolute atomic E-state index is 11.8. The molecule has 122 valence electrons. The smallest absolute Gasteiger partial charge is 0.316 e. The van der Waals surface area contributed by atoms with Crippen molar-refractivity contribution in [2.45, 2.75) is 38.6 Å². The summed E-state index contributed by atoms with van der Waals surface area (Å²) in [6.45, 7) is 7.63. The van der Waals surface area contributed by atoms with Crippen LogP contribution in [0.3, 0.4) is 0 Å². The van der Waals surface area contributed by atoms with Crippen molar-refractivity contribution in [3.05, 3.63) is 27.7 Å². The van der Waals surface area contributed by atoms with E-state index >= 15 is 0 Å². The van der Waals surface area contributed by atoms with Crippen LogP contribution >= 0.6 is 27.7 Å². The van der Waals surface area contributed by atoms with E-state index in [0.717, 1.165) is 20.5 Å². The van der Waals surface area contributed by atoms with Crippen LogP contribution in [0.5, 0.6) is 0 Å². The number of halogens is 1. The summed E-state index contributed by atoms with van der Waals surface area (Å²) >= 11 is 4.91. The summed E-state index contributed by atoms with van der Waals surface area (Å²) in [5.74, 6) is -0.375. The molecule has 1 aromatic rings. The SMILES string of the molecule is Cc1cc(SCC(=O)OCC(=O)N(C)C(C)C)c(C)cc1Br. The maximum Gasteiger partial charge on any atom is 0.316 e. The van der Waals surface area contributed by atoms with E-state index in [1.54, 1.807) is 11.9 Å². The summed E-state index contributed by atoms with van der Waals surface area (Å²) in [6, 6.07) is 4.16. The molecule has 0 saturated heterocycles. The molecule has 0 bridgehead atoms. The number of hydrogen-bond acceptors (Lipinski definition) is 4. The number of hydrogen-bond donors (Lipinski definition) is 0. The average Bonchev–Trinajstić information content (AvgIpc) is 2.46. The van der Waals surface area contributed by atoms with Crippen LogP contribution < -0.4 is 0 Å². The second-order valence-electron chi connectivity index (χ2n) is 5.41. The number of aryl methyl sites for hydroxylation is 2. The Bertz CT molecular complexity index is 561. The second kappa shape index (κ2) is 8.58. The predicted octanol–water partition coefficient (Wildman–Crippen LogP) is 3.57.